The van der Waals surface area contributed by atoms with E-state index >= 15 is 0 Å². The van der Waals surface area contributed by atoms with Crippen LogP contribution in [0, 0.1) is 6.92 Å². The predicted molar refractivity (Wildman–Crippen MR) is 81.4 cm³/mol. The molecule has 0 saturated carbocycles. The molecular formula is C13H17IO3S. The zero-order valence-electron chi connectivity index (χ0n) is 10.3. The Morgan fingerprint density at radius 2 is 1.89 bits per heavy atom. The first-order valence-corrected chi connectivity index (χ1v) is 8.37. The number of hydrogen-bond acceptors (Lipinski definition) is 3. The number of unbranched alkanes of at least 4 members (excludes halogenated alkanes) is 1. The Kier molecular flexibility index (Phi) is 6.31. The maximum Gasteiger partial charge on any atom is 0.200 e. The molecule has 0 bridgehead atoms. The van der Waals surface area contributed by atoms with Crippen LogP contribution in [0.1, 0.15) is 24.8 Å². The lowest BCUT2D eigenvalue weighted by atomic mass is 10.2. The minimum atomic E-state index is -3.35. The van der Waals surface area contributed by atoms with Gasteiger partial charge in [-0.05, 0) is 60.9 Å². The van der Waals surface area contributed by atoms with Crippen LogP contribution in [0.4, 0.5) is 0 Å². The summed E-state index contributed by atoms with van der Waals surface area (Å²) in [6.45, 7) is 2.07. The van der Waals surface area contributed by atoms with Gasteiger partial charge in [-0.25, -0.2) is 8.42 Å². The zero-order chi connectivity index (χ0) is 13.6. The van der Waals surface area contributed by atoms with Gasteiger partial charge in [0.15, 0.2) is 0 Å². The van der Waals surface area contributed by atoms with Crippen molar-refractivity contribution in [3.8, 4) is 0 Å². The fraction of sp³-hybridized carbons (Fsp3) is 0.385. The van der Waals surface area contributed by atoms with E-state index in [4.69, 9.17) is 5.11 Å². The second-order valence-corrected chi connectivity index (χ2v) is 7.29. The van der Waals surface area contributed by atoms with E-state index in [0.717, 1.165) is 15.6 Å². The van der Waals surface area contributed by atoms with Crippen LogP contribution in [0.25, 0.3) is 0 Å². The molecule has 5 heteroatoms. The summed E-state index contributed by atoms with van der Waals surface area (Å²) in [4.78, 5) is 0.324. The van der Waals surface area contributed by atoms with E-state index in [-0.39, 0.29) is 6.61 Å². The smallest absolute Gasteiger partial charge is 0.200 e. The first-order chi connectivity index (χ1) is 8.45. The van der Waals surface area contributed by atoms with Crippen molar-refractivity contribution < 1.29 is 13.5 Å². The largest absolute Gasteiger partial charge is 0.396 e. The van der Waals surface area contributed by atoms with E-state index in [2.05, 4.69) is 0 Å². The first kappa shape index (κ1) is 15.7. The van der Waals surface area contributed by atoms with Gasteiger partial charge in [-0.15, -0.1) is 0 Å². The predicted octanol–water partition coefficient (Wildman–Crippen LogP) is 3.21. The van der Waals surface area contributed by atoms with Gasteiger partial charge in [0.25, 0.3) is 0 Å². The third-order valence-electron chi connectivity index (χ3n) is 2.46. The van der Waals surface area contributed by atoms with Crippen molar-refractivity contribution in [2.45, 2.75) is 31.1 Å². The van der Waals surface area contributed by atoms with Gasteiger partial charge in [0.1, 0.15) is 0 Å². The lowest BCUT2D eigenvalue weighted by molar-refractivity contribution is 0.285. The van der Waals surface area contributed by atoms with Crippen molar-refractivity contribution in [1.82, 2.24) is 0 Å². The summed E-state index contributed by atoms with van der Waals surface area (Å²) >= 11 is 2.04. The van der Waals surface area contributed by atoms with Crippen molar-refractivity contribution in [1.29, 1.82) is 0 Å². The highest BCUT2D eigenvalue weighted by Crippen LogP contribution is 2.21. The van der Waals surface area contributed by atoms with Gasteiger partial charge in [0.05, 0.1) is 4.90 Å². The topological polar surface area (TPSA) is 54.4 Å². The molecule has 0 fully saturated rings. The molecule has 0 aromatic heterocycles. The van der Waals surface area contributed by atoms with Crippen LogP contribution in [0.15, 0.2) is 38.1 Å². The summed E-state index contributed by atoms with van der Waals surface area (Å²) in [5.41, 5.74) is 1.04. The normalized spacial score (nSPS) is 12.7. The monoisotopic (exact) mass is 380 g/mol. The van der Waals surface area contributed by atoms with E-state index in [9.17, 15) is 8.42 Å². The van der Waals surface area contributed by atoms with E-state index in [0.29, 0.717) is 17.7 Å². The quantitative estimate of drug-likeness (QED) is 0.609. The maximum atomic E-state index is 12.1. The molecule has 0 aliphatic heterocycles. The molecule has 1 rings (SSSR count). The van der Waals surface area contributed by atoms with Crippen LogP contribution in [0.3, 0.4) is 0 Å². The van der Waals surface area contributed by atoms with Crippen LogP contribution in [0.2, 0.25) is 0 Å². The number of halogens is 1. The number of aliphatic hydroxyl groups is 1. The summed E-state index contributed by atoms with van der Waals surface area (Å²) in [7, 11) is -3.35. The number of rotatable bonds is 6. The number of sulfone groups is 1. The minimum absolute atomic E-state index is 0.147. The van der Waals surface area contributed by atoms with Crippen LogP contribution in [-0.4, -0.2) is 20.1 Å². The van der Waals surface area contributed by atoms with Crippen LogP contribution >= 0.6 is 22.6 Å². The molecule has 0 radical (unpaired) electrons. The Labute approximate surface area is 122 Å². The fourth-order valence-corrected chi connectivity index (χ4v) is 3.92. The second-order valence-electron chi connectivity index (χ2n) is 4.10. The van der Waals surface area contributed by atoms with Gasteiger partial charge in [-0.1, -0.05) is 17.7 Å². The van der Waals surface area contributed by atoms with Gasteiger partial charge >= 0.3 is 0 Å². The maximum absolute atomic E-state index is 12.1. The van der Waals surface area contributed by atoms with Gasteiger partial charge in [-0.2, -0.15) is 0 Å². The number of aryl methyl sites for hydroxylation is 1. The van der Waals surface area contributed by atoms with Crippen LogP contribution in [0.5, 0.6) is 0 Å². The lowest BCUT2D eigenvalue weighted by Gasteiger charge is -2.02. The van der Waals surface area contributed by atoms with E-state index in [1.54, 1.807) is 24.3 Å². The number of hydrogen-bond donors (Lipinski definition) is 1. The van der Waals surface area contributed by atoms with E-state index in [1.807, 2.05) is 29.5 Å². The molecular weight excluding hydrogens is 363 g/mol. The molecule has 3 nitrogen and oxygen atoms in total. The Balaban J connectivity index is 2.80. The summed E-state index contributed by atoms with van der Waals surface area (Å²) in [5, 5.41) is 9.99. The second kappa shape index (κ2) is 7.25. The Morgan fingerprint density at radius 3 is 2.44 bits per heavy atom. The molecule has 1 aromatic rings. The summed E-state index contributed by atoms with van der Waals surface area (Å²) < 4.78 is 24.9. The molecule has 0 heterocycles. The standard InChI is InChI=1S/C13H17IO3S/c1-11-5-7-13(8-6-11)18(16,17)10-12(14)4-2-3-9-15/h5-8,10,15H,2-4,9H2,1H3/b12-10+. The molecule has 0 spiro atoms. The minimum Gasteiger partial charge on any atom is -0.396 e. The van der Waals surface area contributed by atoms with Crippen molar-refractivity contribution in [3.05, 3.63) is 38.8 Å². The van der Waals surface area contributed by atoms with Crippen molar-refractivity contribution >= 4 is 32.4 Å². The highest BCUT2D eigenvalue weighted by molar-refractivity contribution is 14.1. The Bertz CT molecular complexity index is 504. The number of aliphatic hydroxyl groups excluding tert-OH is 1. The average Bonchev–Trinajstić information content (AvgIpc) is 2.29. The fourth-order valence-electron chi connectivity index (χ4n) is 1.43. The third kappa shape index (κ3) is 5.07. The first-order valence-electron chi connectivity index (χ1n) is 5.74. The molecule has 0 aliphatic carbocycles. The number of allylic oxidation sites excluding steroid dienone is 1. The zero-order valence-corrected chi connectivity index (χ0v) is 13.2. The Morgan fingerprint density at radius 1 is 1.28 bits per heavy atom. The molecule has 1 N–H and O–H groups in total. The van der Waals surface area contributed by atoms with Gasteiger partial charge in [0, 0.05) is 15.6 Å². The van der Waals surface area contributed by atoms with Gasteiger partial charge in [-0.3, -0.25) is 0 Å². The van der Waals surface area contributed by atoms with E-state index in [1.165, 1.54) is 5.41 Å². The molecule has 1 aromatic carbocycles. The average molecular weight is 380 g/mol. The number of benzene rings is 1. The summed E-state index contributed by atoms with van der Waals surface area (Å²) in [6.07, 6.45) is 2.19. The summed E-state index contributed by atoms with van der Waals surface area (Å²) in [6, 6.07) is 6.83. The third-order valence-corrected chi connectivity index (χ3v) is 5.25. The summed E-state index contributed by atoms with van der Waals surface area (Å²) in [5.74, 6) is 0. The molecule has 0 aliphatic rings. The molecule has 0 atom stereocenters. The van der Waals surface area contributed by atoms with Gasteiger partial charge < -0.3 is 5.11 Å². The van der Waals surface area contributed by atoms with Crippen molar-refractivity contribution in [3.63, 3.8) is 0 Å². The highest BCUT2D eigenvalue weighted by Gasteiger charge is 2.11. The molecule has 0 amide bonds. The molecule has 0 unspecified atom stereocenters. The molecule has 100 valence electrons. The van der Waals surface area contributed by atoms with Crippen LogP contribution < -0.4 is 0 Å². The molecule has 18 heavy (non-hydrogen) atoms. The van der Waals surface area contributed by atoms with Crippen molar-refractivity contribution in [2.75, 3.05) is 6.61 Å². The Hall–Kier alpha value is -0.400. The van der Waals surface area contributed by atoms with Crippen LogP contribution in [-0.2, 0) is 9.84 Å². The molecule has 0 saturated heterocycles. The van der Waals surface area contributed by atoms with E-state index < -0.39 is 9.84 Å². The highest BCUT2D eigenvalue weighted by atomic mass is 127. The van der Waals surface area contributed by atoms with Gasteiger partial charge in [0.2, 0.25) is 9.84 Å². The SMILES string of the molecule is Cc1ccc(S(=O)(=O)/C=C(/I)CCCCO)cc1. The lowest BCUT2D eigenvalue weighted by Crippen LogP contribution is -1.97. The van der Waals surface area contributed by atoms with Crippen molar-refractivity contribution in [2.24, 2.45) is 0 Å².